The number of carbonyl (C=O) groups is 1. The third-order valence-electron chi connectivity index (χ3n) is 3.96. The molecular weight excluding hydrogens is 267 g/mol. The summed E-state index contributed by atoms with van der Waals surface area (Å²) in [4.78, 5) is 13.6. The van der Waals surface area contributed by atoms with Crippen LogP contribution in [0.5, 0.6) is 0 Å². The third-order valence-corrected chi connectivity index (χ3v) is 3.96. The Morgan fingerprint density at radius 2 is 1.90 bits per heavy atom. The quantitative estimate of drug-likeness (QED) is 0.881. The number of hydrogen-bond donors (Lipinski definition) is 1. The second kappa shape index (κ2) is 5.30. The van der Waals surface area contributed by atoms with E-state index in [-0.39, 0.29) is 17.8 Å². The molecule has 1 fully saturated rings. The average molecular weight is 284 g/mol. The van der Waals surface area contributed by atoms with E-state index in [0.717, 1.165) is 12.0 Å². The molecule has 0 aromatic heterocycles. The maximum atomic E-state index is 13.4. The Hall–Kier alpha value is -2.20. The van der Waals surface area contributed by atoms with Crippen LogP contribution >= 0.6 is 0 Å². The van der Waals surface area contributed by atoms with E-state index >= 15 is 0 Å². The lowest BCUT2D eigenvalue weighted by atomic mass is 9.88. The predicted octanol–water partition coefficient (Wildman–Crippen LogP) is 2.80. The summed E-state index contributed by atoms with van der Waals surface area (Å²) < 4.78 is 13.4. The number of amides is 1. The number of β-lactam (4-membered cyclic amide) rings is 1. The van der Waals surface area contributed by atoms with Gasteiger partial charge in [0, 0.05) is 5.69 Å². The number of anilines is 1. The summed E-state index contributed by atoms with van der Waals surface area (Å²) in [6.07, 6.45) is 0.962. The fourth-order valence-electron chi connectivity index (χ4n) is 2.73. The number of aryl methyl sites for hydroxylation is 1. The van der Waals surface area contributed by atoms with Gasteiger partial charge in [-0.15, -0.1) is 0 Å². The summed E-state index contributed by atoms with van der Waals surface area (Å²) in [5.41, 5.74) is 8.70. The molecule has 2 aromatic rings. The van der Waals surface area contributed by atoms with Crippen molar-refractivity contribution < 1.29 is 9.18 Å². The molecule has 1 heterocycles. The molecule has 0 saturated carbocycles. The van der Waals surface area contributed by atoms with E-state index < -0.39 is 6.04 Å². The third kappa shape index (κ3) is 2.32. The molecule has 0 bridgehead atoms. The molecule has 0 aliphatic carbocycles. The first kappa shape index (κ1) is 13.8. The monoisotopic (exact) mass is 284 g/mol. The van der Waals surface area contributed by atoms with Crippen LogP contribution < -0.4 is 10.6 Å². The Kier molecular flexibility index (Phi) is 3.47. The van der Waals surface area contributed by atoms with Crippen LogP contribution in [-0.2, 0) is 11.2 Å². The molecule has 1 aliphatic heterocycles. The molecule has 3 nitrogen and oxygen atoms in total. The van der Waals surface area contributed by atoms with Crippen molar-refractivity contribution in [3.63, 3.8) is 0 Å². The second-order valence-corrected chi connectivity index (χ2v) is 5.25. The number of hydrogen-bond acceptors (Lipinski definition) is 2. The van der Waals surface area contributed by atoms with E-state index in [0.29, 0.717) is 5.69 Å². The number of nitrogens with two attached hydrogens (primary N) is 1. The Balaban J connectivity index is 1.94. The lowest BCUT2D eigenvalue weighted by Crippen LogP contribution is -2.63. The van der Waals surface area contributed by atoms with Gasteiger partial charge < -0.3 is 10.6 Å². The average Bonchev–Trinajstić information content (AvgIpc) is 2.51. The van der Waals surface area contributed by atoms with Gasteiger partial charge in [0.15, 0.2) is 0 Å². The first-order chi connectivity index (χ1) is 10.1. The Morgan fingerprint density at radius 1 is 1.19 bits per heavy atom. The van der Waals surface area contributed by atoms with Crippen LogP contribution in [0.25, 0.3) is 0 Å². The van der Waals surface area contributed by atoms with Gasteiger partial charge >= 0.3 is 0 Å². The Morgan fingerprint density at radius 3 is 2.52 bits per heavy atom. The number of halogens is 1. The van der Waals surface area contributed by atoms with Crippen molar-refractivity contribution in [3.05, 3.63) is 65.5 Å². The number of benzene rings is 2. The molecule has 2 atom stereocenters. The molecule has 3 rings (SSSR count). The van der Waals surface area contributed by atoms with E-state index in [1.807, 2.05) is 24.3 Å². The fourth-order valence-corrected chi connectivity index (χ4v) is 2.73. The van der Waals surface area contributed by atoms with Gasteiger partial charge in [0.1, 0.15) is 11.9 Å². The highest BCUT2D eigenvalue weighted by molar-refractivity contribution is 6.05. The van der Waals surface area contributed by atoms with Crippen molar-refractivity contribution >= 4 is 11.6 Å². The minimum Gasteiger partial charge on any atom is -0.318 e. The zero-order valence-electron chi connectivity index (χ0n) is 11.8. The highest BCUT2D eigenvalue weighted by Gasteiger charge is 2.46. The van der Waals surface area contributed by atoms with Crippen LogP contribution in [0.2, 0.25) is 0 Å². The van der Waals surface area contributed by atoms with Crippen molar-refractivity contribution in [2.24, 2.45) is 5.73 Å². The first-order valence-corrected chi connectivity index (χ1v) is 7.05. The lowest BCUT2D eigenvalue weighted by molar-refractivity contribution is -0.126. The highest BCUT2D eigenvalue weighted by atomic mass is 19.1. The maximum Gasteiger partial charge on any atom is 0.247 e. The Labute approximate surface area is 123 Å². The zero-order chi connectivity index (χ0) is 15.0. The van der Waals surface area contributed by atoms with Gasteiger partial charge in [0.05, 0.1) is 6.04 Å². The summed E-state index contributed by atoms with van der Waals surface area (Å²) >= 11 is 0. The van der Waals surface area contributed by atoms with E-state index in [9.17, 15) is 9.18 Å². The van der Waals surface area contributed by atoms with Gasteiger partial charge in [-0.1, -0.05) is 37.3 Å². The van der Waals surface area contributed by atoms with E-state index in [1.165, 1.54) is 17.7 Å². The zero-order valence-corrected chi connectivity index (χ0v) is 11.8. The van der Waals surface area contributed by atoms with Crippen LogP contribution in [0.3, 0.4) is 0 Å². The number of nitrogens with zero attached hydrogens (tertiary/aromatic N) is 1. The van der Waals surface area contributed by atoms with E-state index in [1.54, 1.807) is 17.0 Å². The molecule has 0 radical (unpaired) electrons. The van der Waals surface area contributed by atoms with E-state index in [2.05, 4.69) is 6.92 Å². The molecule has 4 heteroatoms. The van der Waals surface area contributed by atoms with Gasteiger partial charge in [0.2, 0.25) is 5.91 Å². The molecule has 1 aliphatic rings. The Bertz CT molecular complexity index is 669. The predicted molar refractivity (Wildman–Crippen MR) is 80.4 cm³/mol. The summed E-state index contributed by atoms with van der Waals surface area (Å²) in [7, 11) is 0. The van der Waals surface area contributed by atoms with Gasteiger partial charge in [-0.3, -0.25) is 4.79 Å². The summed E-state index contributed by atoms with van der Waals surface area (Å²) in [5.74, 6) is -0.536. The van der Waals surface area contributed by atoms with Crippen LogP contribution in [0.1, 0.15) is 24.1 Å². The molecule has 2 unspecified atom stereocenters. The first-order valence-electron chi connectivity index (χ1n) is 7.05. The van der Waals surface area contributed by atoms with Crippen molar-refractivity contribution in [1.29, 1.82) is 0 Å². The second-order valence-electron chi connectivity index (χ2n) is 5.25. The molecule has 108 valence electrons. The van der Waals surface area contributed by atoms with Gasteiger partial charge in [-0.05, 0) is 35.7 Å². The summed E-state index contributed by atoms with van der Waals surface area (Å²) in [6, 6.07) is 13.3. The number of carbonyl (C=O) groups excluding carboxylic acids is 1. The van der Waals surface area contributed by atoms with E-state index in [4.69, 9.17) is 5.73 Å². The van der Waals surface area contributed by atoms with Gasteiger partial charge in [-0.2, -0.15) is 0 Å². The molecule has 2 N–H and O–H groups in total. The van der Waals surface area contributed by atoms with Crippen molar-refractivity contribution in [2.45, 2.75) is 25.4 Å². The van der Waals surface area contributed by atoms with Crippen molar-refractivity contribution in [3.8, 4) is 0 Å². The summed E-state index contributed by atoms with van der Waals surface area (Å²) in [5, 5.41) is 0. The smallest absolute Gasteiger partial charge is 0.247 e. The molecular formula is C17H17FN2O. The minimum absolute atomic E-state index is 0.176. The molecule has 2 aromatic carbocycles. The maximum absolute atomic E-state index is 13.4. The fraction of sp³-hybridized carbons (Fsp3) is 0.235. The van der Waals surface area contributed by atoms with Crippen LogP contribution in [0, 0.1) is 5.82 Å². The van der Waals surface area contributed by atoms with Crippen LogP contribution in [-0.4, -0.2) is 11.9 Å². The van der Waals surface area contributed by atoms with Crippen molar-refractivity contribution in [2.75, 3.05) is 4.90 Å². The number of rotatable bonds is 3. The SMILES string of the molecule is CCc1ccc(C2C(N)C(=O)N2c2cccc(F)c2)cc1. The normalized spacial score (nSPS) is 21.3. The molecule has 1 amide bonds. The van der Waals surface area contributed by atoms with Crippen LogP contribution in [0.15, 0.2) is 48.5 Å². The molecule has 1 saturated heterocycles. The topological polar surface area (TPSA) is 46.3 Å². The highest BCUT2D eigenvalue weighted by Crippen LogP contribution is 2.38. The molecule has 21 heavy (non-hydrogen) atoms. The van der Waals surface area contributed by atoms with Gasteiger partial charge in [-0.25, -0.2) is 4.39 Å². The van der Waals surface area contributed by atoms with Crippen molar-refractivity contribution in [1.82, 2.24) is 0 Å². The molecule has 0 spiro atoms. The summed E-state index contributed by atoms with van der Waals surface area (Å²) in [6.45, 7) is 2.09. The minimum atomic E-state index is -0.569. The lowest BCUT2D eigenvalue weighted by Gasteiger charge is -2.45. The standard InChI is InChI=1S/C17H17FN2O/c1-2-11-6-8-12(9-7-11)16-15(19)17(21)20(16)14-5-3-4-13(18)10-14/h3-10,15-16H,2,19H2,1H3. The van der Waals surface area contributed by atoms with Crippen LogP contribution in [0.4, 0.5) is 10.1 Å². The largest absolute Gasteiger partial charge is 0.318 e. The van der Waals surface area contributed by atoms with Gasteiger partial charge in [0.25, 0.3) is 0 Å².